The number of nitrogens with zero attached hydrogens (tertiary/aromatic N) is 2. The van der Waals surface area contributed by atoms with E-state index in [4.69, 9.17) is 5.73 Å². The van der Waals surface area contributed by atoms with Gasteiger partial charge in [0.25, 0.3) is 0 Å². The number of benzene rings is 1. The molecule has 1 heterocycles. The van der Waals surface area contributed by atoms with Crippen LogP contribution in [-0.2, 0) is 6.54 Å². The van der Waals surface area contributed by atoms with Crippen LogP contribution in [0.1, 0.15) is 5.56 Å². The van der Waals surface area contributed by atoms with Gasteiger partial charge in [-0.1, -0.05) is 28.1 Å². The van der Waals surface area contributed by atoms with Crippen molar-refractivity contribution in [2.45, 2.75) is 6.54 Å². The number of nitrogens with two attached hydrogens (primary N) is 1. The third-order valence-electron chi connectivity index (χ3n) is 2.46. The summed E-state index contributed by atoms with van der Waals surface area (Å²) >= 11 is 3.39. The van der Waals surface area contributed by atoms with Gasteiger partial charge in [-0.15, -0.1) is 0 Å². The van der Waals surface area contributed by atoms with Gasteiger partial charge in [-0.25, -0.2) is 4.98 Å². The average Bonchev–Trinajstić information content (AvgIpc) is 2.36. The first-order valence-corrected chi connectivity index (χ1v) is 6.25. The Morgan fingerprint density at radius 1 is 1.37 bits per heavy atom. The Kier molecular flexibility index (Phi) is 3.96. The number of nitro groups is 1. The lowest BCUT2D eigenvalue weighted by Crippen LogP contribution is -2.04. The number of nitrogen functional groups attached to an aromatic ring is 1. The summed E-state index contributed by atoms with van der Waals surface area (Å²) in [6.07, 6.45) is 0. The molecule has 6 nitrogen and oxygen atoms in total. The molecule has 0 saturated heterocycles. The molecule has 3 N–H and O–H groups in total. The number of nitrogens with one attached hydrogen (secondary N) is 1. The van der Waals surface area contributed by atoms with E-state index in [0.717, 1.165) is 10.0 Å². The van der Waals surface area contributed by atoms with Gasteiger partial charge in [0.05, 0.1) is 4.92 Å². The van der Waals surface area contributed by atoms with Gasteiger partial charge in [0.1, 0.15) is 5.82 Å². The Bertz CT molecular complexity index is 618. The van der Waals surface area contributed by atoms with Crippen LogP contribution in [0.4, 0.5) is 17.3 Å². The highest BCUT2D eigenvalue weighted by atomic mass is 79.9. The second-order valence-electron chi connectivity index (χ2n) is 3.84. The van der Waals surface area contributed by atoms with E-state index in [0.29, 0.717) is 12.4 Å². The van der Waals surface area contributed by atoms with Crippen LogP contribution in [0, 0.1) is 10.1 Å². The van der Waals surface area contributed by atoms with Gasteiger partial charge in [-0.05, 0) is 23.8 Å². The molecule has 0 aliphatic heterocycles. The highest BCUT2D eigenvalue weighted by molar-refractivity contribution is 9.10. The quantitative estimate of drug-likeness (QED) is 0.666. The van der Waals surface area contributed by atoms with Crippen molar-refractivity contribution in [3.63, 3.8) is 0 Å². The molecule has 0 aliphatic carbocycles. The second-order valence-corrected chi connectivity index (χ2v) is 4.76. The SMILES string of the molecule is Nc1nc(NCc2cccc(Br)c2)ccc1[N+](=O)[O-]. The minimum absolute atomic E-state index is 0.0933. The Morgan fingerprint density at radius 3 is 2.79 bits per heavy atom. The fourth-order valence-corrected chi connectivity index (χ4v) is 2.01. The highest BCUT2D eigenvalue weighted by Gasteiger charge is 2.12. The number of halogens is 1. The third-order valence-corrected chi connectivity index (χ3v) is 2.96. The molecule has 98 valence electrons. The maximum atomic E-state index is 10.6. The summed E-state index contributed by atoms with van der Waals surface area (Å²) < 4.78 is 0.989. The Labute approximate surface area is 117 Å². The minimum atomic E-state index is -0.555. The molecule has 1 aromatic carbocycles. The minimum Gasteiger partial charge on any atom is -0.378 e. The topological polar surface area (TPSA) is 94.1 Å². The summed E-state index contributed by atoms with van der Waals surface area (Å²) in [6.45, 7) is 0.559. The van der Waals surface area contributed by atoms with Crippen molar-refractivity contribution in [1.82, 2.24) is 4.98 Å². The molecule has 0 aliphatic rings. The molecule has 2 aromatic rings. The molecule has 0 radical (unpaired) electrons. The summed E-state index contributed by atoms with van der Waals surface area (Å²) in [4.78, 5) is 14.0. The molecule has 7 heteroatoms. The van der Waals surface area contributed by atoms with E-state index < -0.39 is 4.92 Å². The van der Waals surface area contributed by atoms with Gasteiger partial charge >= 0.3 is 5.69 Å². The molecular formula is C12H11BrN4O2. The van der Waals surface area contributed by atoms with Crippen LogP contribution in [-0.4, -0.2) is 9.91 Å². The summed E-state index contributed by atoms with van der Waals surface area (Å²) in [5, 5.41) is 13.7. The molecule has 2 rings (SSSR count). The van der Waals surface area contributed by atoms with Crippen molar-refractivity contribution in [1.29, 1.82) is 0 Å². The molecule has 0 spiro atoms. The second kappa shape index (κ2) is 5.66. The first kappa shape index (κ1) is 13.3. The Morgan fingerprint density at radius 2 is 2.16 bits per heavy atom. The maximum absolute atomic E-state index is 10.6. The maximum Gasteiger partial charge on any atom is 0.311 e. The Hall–Kier alpha value is -2.15. The van der Waals surface area contributed by atoms with Gasteiger partial charge in [0.15, 0.2) is 0 Å². The van der Waals surface area contributed by atoms with Gasteiger partial charge < -0.3 is 11.1 Å². The molecule has 0 saturated carbocycles. The number of hydrogen-bond acceptors (Lipinski definition) is 5. The van der Waals surface area contributed by atoms with E-state index >= 15 is 0 Å². The summed E-state index contributed by atoms with van der Waals surface area (Å²) in [5.74, 6) is 0.410. The van der Waals surface area contributed by atoms with Crippen molar-refractivity contribution in [3.8, 4) is 0 Å². The van der Waals surface area contributed by atoms with E-state index in [1.165, 1.54) is 12.1 Å². The van der Waals surface area contributed by atoms with Crippen LogP contribution in [0.5, 0.6) is 0 Å². The average molecular weight is 323 g/mol. The zero-order valence-corrected chi connectivity index (χ0v) is 11.4. The summed E-state index contributed by atoms with van der Waals surface area (Å²) in [6, 6.07) is 10.7. The zero-order chi connectivity index (χ0) is 13.8. The smallest absolute Gasteiger partial charge is 0.311 e. The van der Waals surface area contributed by atoms with Gasteiger partial charge in [0.2, 0.25) is 5.82 Å². The normalized spacial score (nSPS) is 10.2. The predicted molar refractivity (Wildman–Crippen MR) is 76.8 cm³/mol. The number of aromatic nitrogens is 1. The number of rotatable bonds is 4. The van der Waals surface area contributed by atoms with E-state index in [1.807, 2.05) is 24.3 Å². The fraction of sp³-hybridized carbons (Fsp3) is 0.0833. The Balaban J connectivity index is 2.08. The van der Waals surface area contributed by atoms with E-state index in [1.54, 1.807) is 0 Å². The third kappa shape index (κ3) is 3.41. The molecule has 0 atom stereocenters. The molecular weight excluding hydrogens is 312 g/mol. The van der Waals surface area contributed by atoms with Crippen molar-refractivity contribution in [3.05, 3.63) is 56.5 Å². The lowest BCUT2D eigenvalue weighted by atomic mass is 10.2. The van der Waals surface area contributed by atoms with Gasteiger partial charge in [-0.3, -0.25) is 10.1 Å². The van der Waals surface area contributed by atoms with E-state index in [-0.39, 0.29) is 11.5 Å². The first-order valence-electron chi connectivity index (χ1n) is 5.45. The van der Waals surface area contributed by atoms with Crippen LogP contribution in [0.2, 0.25) is 0 Å². The number of anilines is 2. The summed E-state index contributed by atoms with van der Waals surface area (Å²) in [7, 11) is 0. The molecule has 0 bridgehead atoms. The van der Waals surface area contributed by atoms with Crippen molar-refractivity contribution in [2.75, 3.05) is 11.1 Å². The monoisotopic (exact) mass is 322 g/mol. The highest BCUT2D eigenvalue weighted by Crippen LogP contribution is 2.21. The summed E-state index contributed by atoms with van der Waals surface area (Å²) in [5.41, 5.74) is 6.39. The number of hydrogen-bond donors (Lipinski definition) is 2. The lowest BCUT2D eigenvalue weighted by Gasteiger charge is -2.06. The largest absolute Gasteiger partial charge is 0.378 e. The van der Waals surface area contributed by atoms with Crippen LogP contribution < -0.4 is 11.1 Å². The van der Waals surface area contributed by atoms with Crippen molar-refractivity contribution in [2.24, 2.45) is 0 Å². The molecule has 1 aromatic heterocycles. The lowest BCUT2D eigenvalue weighted by molar-refractivity contribution is -0.384. The first-order chi connectivity index (χ1) is 9.06. The molecule has 19 heavy (non-hydrogen) atoms. The molecule has 0 fully saturated rings. The van der Waals surface area contributed by atoms with Gasteiger partial charge in [-0.2, -0.15) is 0 Å². The van der Waals surface area contributed by atoms with Crippen molar-refractivity contribution >= 4 is 33.3 Å². The van der Waals surface area contributed by atoms with Crippen LogP contribution in [0.15, 0.2) is 40.9 Å². The van der Waals surface area contributed by atoms with Crippen LogP contribution in [0.3, 0.4) is 0 Å². The molecule has 0 amide bonds. The van der Waals surface area contributed by atoms with Gasteiger partial charge in [0, 0.05) is 17.1 Å². The fourth-order valence-electron chi connectivity index (χ4n) is 1.56. The zero-order valence-electron chi connectivity index (χ0n) is 9.84. The van der Waals surface area contributed by atoms with Crippen LogP contribution >= 0.6 is 15.9 Å². The van der Waals surface area contributed by atoms with E-state index in [9.17, 15) is 10.1 Å². The van der Waals surface area contributed by atoms with Crippen LogP contribution in [0.25, 0.3) is 0 Å². The van der Waals surface area contributed by atoms with E-state index in [2.05, 4.69) is 26.2 Å². The standard InChI is InChI=1S/C12H11BrN4O2/c13-9-3-1-2-8(6-9)7-15-11-5-4-10(17(18)19)12(14)16-11/h1-6H,7H2,(H3,14,15,16). The van der Waals surface area contributed by atoms with Crippen molar-refractivity contribution < 1.29 is 4.92 Å². The predicted octanol–water partition coefficient (Wildman–Crippen LogP) is 2.95. The molecule has 0 unspecified atom stereocenters. The number of pyridine rings is 1.